The molecule has 0 aliphatic heterocycles. The molecule has 0 aliphatic rings. The van der Waals surface area contributed by atoms with Gasteiger partial charge in [0.05, 0.1) is 11.1 Å². The Bertz CT molecular complexity index is 838. The van der Waals surface area contributed by atoms with Gasteiger partial charge in [0.15, 0.2) is 5.96 Å². The van der Waals surface area contributed by atoms with Crippen molar-refractivity contribution < 1.29 is 22.7 Å². The Morgan fingerprint density at radius 1 is 1.32 bits per heavy atom. The van der Waals surface area contributed by atoms with Crippen molar-refractivity contribution in [1.29, 1.82) is 0 Å². The van der Waals surface area contributed by atoms with Gasteiger partial charge in [0.1, 0.15) is 18.1 Å². The molecule has 28 heavy (non-hydrogen) atoms. The van der Waals surface area contributed by atoms with Crippen LogP contribution in [0.15, 0.2) is 23.2 Å². The van der Waals surface area contributed by atoms with Crippen LogP contribution in [0.25, 0.3) is 10.9 Å². The van der Waals surface area contributed by atoms with Gasteiger partial charge in [0, 0.05) is 19.0 Å². The van der Waals surface area contributed by atoms with Crippen LogP contribution in [0, 0.1) is 0 Å². The molecule has 0 bridgehead atoms. The van der Waals surface area contributed by atoms with Crippen molar-refractivity contribution in [1.82, 2.24) is 15.2 Å². The zero-order valence-electron chi connectivity index (χ0n) is 15.4. The molecular formula is C16H22Cl2F3N5O2. The predicted octanol–water partition coefficient (Wildman–Crippen LogP) is 2.65. The van der Waals surface area contributed by atoms with E-state index < -0.39 is 17.6 Å². The van der Waals surface area contributed by atoms with Crippen LogP contribution in [0.3, 0.4) is 0 Å². The molecule has 1 aromatic heterocycles. The molecule has 0 saturated carbocycles. The van der Waals surface area contributed by atoms with E-state index in [2.05, 4.69) is 15.3 Å². The minimum atomic E-state index is -4.57. The maximum absolute atomic E-state index is 13.3. The number of likely N-dealkylation sites (N-methyl/N-ethyl adjacent to an activating group) is 1. The highest BCUT2D eigenvalue weighted by Gasteiger charge is 2.34. The summed E-state index contributed by atoms with van der Waals surface area (Å²) in [5.74, 6) is -0.616. The highest BCUT2D eigenvalue weighted by molar-refractivity contribution is 6.07. The van der Waals surface area contributed by atoms with Gasteiger partial charge < -0.3 is 20.4 Å². The van der Waals surface area contributed by atoms with Crippen LogP contribution in [-0.4, -0.2) is 56.0 Å². The van der Waals surface area contributed by atoms with E-state index in [-0.39, 0.29) is 59.7 Å². The van der Waals surface area contributed by atoms with Crippen molar-refractivity contribution in [2.45, 2.75) is 6.18 Å². The molecule has 158 valence electrons. The molecular weight excluding hydrogens is 422 g/mol. The molecule has 1 amide bonds. The van der Waals surface area contributed by atoms with Gasteiger partial charge >= 0.3 is 6.18 Å². The van der Waals surface area contributed by atoms with Crippen molar-refractivity contribution in [3.05, 3.63) is 29.5 Å². The fraction of sp³-hybridized carbons (Fsp3) is 0.375. The fourth-order valence-corrected chi connectivity index (χ4v) is 2.26. The van der Waals surface area contributed by atoms with E-state index in [9.17, 15) is 18.0 Å². The number of nitrogens with two attached hydrogens (primary N) is 1. The van der Waals surface area contributed by atoms with E-state index >= 15 is 0 Å². The maximum Gasteiger partial charge on any atom is 0.417 e. The van der Waals surface area contributed by atoms with Crippen molar-refractivity contribution in [2.24, 2.45) is 10.7 Å². The summed E-state index contributed by atoms with van der Waals surface area (Å²) < 4.78 is 45.4. The lowest BCUT2D eigenvalue weighted by molar-refractivity contribution is -0.136. The summed E-state index contributed by atoms with van der Waals surface area (Å²) in [4.78, 5) is 20.3. The topological polar surface area (TPSA) is 95.7 Å². The van der Waals surface area contributed by atoms with Crippen LogP contribution in [0.2, 0.25) is 0 Å². The number of aromatic nitrogens is 1. The standard InChI is InChI=1S/C16H20F3N5O2.2ClH/c1-21-15(20)23-14(25)11-8-9-10(16(17,18)19)4-5-12(13(9)22-11)26-7-6-24(2)3;;/h4-5,8,22H,6-7H2,1-3H3,(H3,20,21,23,25);2*1H. The normalized spacial score (nSPS) is 11.8. The smallest absolute Gasteiger partial charge is 0.417 e. The molecule has 0 atom stereocenters. The summed E-state index contributed by atoms with van der Waals surface area (Å²) >= 11 is 0. The molecule has 0 aliphatic carbocycles. The third kappa shape index (κ3) is 6.18. The second-order valence-electron chi connectivity index (χ2n) is 5.80. The Hall–Kier alpha value is -2.17. The van der Waals surface area contributed by atoms with E-state index in [0.29, 0.717) is 6.54 Å². The molecule has 0 radical (unpaired) electrons. The lowest BCUT2D eigenvalue weighted by Gasteiger charge is -2.13. The van der Waals surface area contributed by atoms with Crippen molar-refractivity contribution in [3.63, 3.8) is 0 Å². The third-order valence-electron chi connectivity index (χ3n) is 3.58. The van der Waals surface area contributed by atoms with Crippen LogP contribution in [-0.2, 0) is 6.18 Å². The molecule has 12 heteroatoms. The number of carbonyl (C=O) groups excluding carboxylic acids is 1. The first kappa shape index (κ1) is 25.8. The number of amides is 1. The number of guanidine groups is 1. The fourth-order valence-electron chi connectivity index (χ4n) is 2.26. The van der Waals surface area contributed by atoms with Crippen LogP contribution < -0.4 is 15.8 Å². The quantitative estimate of drug-likeness (QED) is 0.488. The van der Waals surface area contributed by atoms with Gasteiger partial charge in [-0.3, -0.25) is 15.1 Å². The van der Waals surface area contributed by atoms with Crippen molar-refractivity contribution in [2.75, 3.05) is 34.3 Å². The van der Waals surface area contributed by atoms with Crippen LogP contribution in [0.5, 0.6) is 5.75 Å². The molecule has 0 spiro atoms. The molecule has 2 aromatic rings. The van der Waals surface area contributed by atoms with E-state index in [4.69, 9.17) is 10.5 Å². The second-order valence-corrected chi connectivity index (χ2v) is 5.80. The number of alkyl halides is 3. The van der Waals surface area contributed by atoms with Crippen LogP contribution in [0.1, 0.15) is 16.1 Å². The molecule has 0 unspecified atom stereocenters. The molecule has 1 aromatic carbocycles. The number of hydrogen-bond donors (Lipinski definition) is 3. The molecule has 0 saturated heterocycles. The number of ether oxygens (including phenoxy) is 1. The summed E-state index contributed by atoms with van der Waals surface area (Å²) in [5.41, 5.74) is 4.57. The van der Waals surface area contributed by atoms with E-state index in [0.717, 1.165) is 12.1 Å². The first-order valence-corrected chi connectivity index (χ1v) is 7.67. The monoisotopic (exact) mass is 443 g/mol. The Kier molecular flexibility index (Phi) is 9.59. The van der Waals surface area contributed by atoms with Gasteiger partial charge in [-0.05, 0) is 32.3 Å². The van der Waals surface area contributed by atoms with Gasteiger partial charge in [-0.15, -0.1) is 24.8 Å². The van der Waals surface area contributed by atoms with Gasteiger partial charge in [0.2, 0.25) is 0 Å². The number of carbonyl (C=O) groups is 1. The Balaban J connectivity index is 0.00000364. The summed E-state index contributed by atoms with van der Waals surface area (Å²) in [6.07, 6.45) is -4.57. The number of hydrogen-bond acceptors (Lipinski definition) is 4. The average molecular weight is 444 g/mol. The lowest BCUT2D eigenvalue weighted by atomic mass is 10.1. The number of nitrogens with one attached hydrogen (secondary N) is 2. The Morgan fingerprint density at radius 3 is 2.50 bits per heavy atom. The minimum absolute atomic E-state index is 0. The van der Waals surface area contributed by atoms with Crippen molar-refractivity contribution in [3.8, 4) is 5.75 Å². The first-order valence-electron chi connectivity index (χ1n) is 7.67. The molecule has 0 fully saturated rings. The summed E-state index contributed by atoms with van der Waals surface area (Å²) in [6.45, 7) is 0.865. The van der Waals surface area contributed by atoms with E-state index in [1.807, 2.05) is 19.0 Å². The van der Waals surface area contributed by atoms with Crippen molar-refractivity contribution >= 4 is 47.6 Å². The molecule has 1 heterocycles. The average Bonchev–Trinajstić information content (AvgIpc) is 2.98. The lowest BCUT2D eigenvalue weighted by Crippen LogP contribution is -2.36. The van der Waals surface area contributed by atoms with Gasteiger partial charge in [-0.1, -0.05) is 0 Å². The third-order valence-corrected chi connectivity index (χ3v) is 3.58. The predicted molar refractivity (Wildman–Crippen MR) is 107 cm³/mol. The number of fused-ring (bicyclic) bond motifs is 1. The number of H-pyrrole nitrogens is 1. The number of benzene rings is 1. The highest BCUT2D eigenvalue weighted by atomic mass is 35.5. The zero-order chi connectivity index (χ0) is 19.5. The highest BCUT2D eigenvalue weighted by Crippen LogP contribution is 2.38. The Labute approximate surface area is 172 Å². The molecule has 7 nitrogen and oxygen atoms in total. The molecule has 4 N–H and O–H groups in total. The zero-order valence-corrected chi connectivity index (χ0v) is 17.0. The number of rotatable bonds is 5. The summed E-state index contributed by atoms with van der Waals surface area (Å²) in [6, 6.07) is 3.29. The Morgan fingerprint density at radius 2 is 1.96 bits per heavy atom. The van der Waals surface area contributed by atoms with Crippen LogP contribution in [0.4, 0.5) is 13.2 Å². The largest absolute Gasteiger partial charge is 0.490 e. The first-order chi connectivity index (χ1) is 12.1. The SMILES string of the molecule is CN=C(N)NC(=O)c1cc2c(C(F)(F)F)ccc(OCCN(C)C)c2[nH]1.Cl.Cl. The number of nitrogens with zero attached hydrogens (tertiary/aromatic N) is 2. The van der Waals surface area contributed by atoms with E-state index in [1.165, 1.54) is 13.1 Å². The summed E-state index contributed by atoms with van der Waals surface area (Å²) in [7, 11) is 5.07. The number of aromatic amines is 1. The van der Waals surface area contributed by atoms with Crippen LogP contribution >= 0.6 is 24.8 Å². The van der Waals surface area contributed by atoms with E-state index in [1.54, 1.807) is 0 Å². The second kappa shape index (κ2) is 10.4. The number of halogens is 5. The maximum atomic E-state index is 13.3. The van der Waals surface area contributed by atoms with Gasteiger partial charge in [-0.25, -0.2) is 0 Å². The summed E-state index contributed by atoms with van der Waals surface area (Å²) in [5, 5.41) is 2.12. The minimum Gasteiger partial charge on any atom is -0.490 e. The number of aliphatic imine (C=N–C) groups is 1. The van der Waals surface area contributed by atoms with Gasteiger partial charge in [0.25, 0.3) is 5.91 Å². The van der Waals surface area contributed by atoms with Gasteiger partial charge in [-0.2, -0.15) is 13.2 Å². The molecule has 2 rings (SSSR count).